The fraction of sp³-hybridized carbons (Fsp3) is 0.333. The highest BCUT2D eigenvalue weighted by Crippen LogP contribution is 2.23. The van der Waals surface area contributed by atoms with E-state index in [-0.39, 0.29) is 22.9 Å². The van der Waals surface area contributed by atoms with Gasteiger partial charge in [-0.15, -0.1) is 0 Å². The zero-order chi connectivity index (χ0) is 15.3. The van der Waals surface area contributed by atoms with Crippen molar-refractivity contribution < 1.29 is 24.0 Å². The van der Waals surface area contributed by atoms with E-state index < -0.39 is 23.0 Å². The molecule has 0 amide bonds. The van der Waals surface area contributed by atoms with Crippen molar-refractivity contribution in [2.45, 2.75) is 20.0 Å². The van der Waals surface area contributed by atoms with Gasteiger partial charge >= 0.3 is 11.9 Å². The molecule has 8 heteroatoms. The number of nitrogens with zero attached hydrogens (tertiary/aromatic N) is 1. The number of halogens is 1. The molecule has 0 radical (unpaired) electrons. The zero-order valence-electron chi connectivity index (χ0n) is 10.8. The number of hydrogen-bond acceptors (Lipinski definition) is 6. The maximum atomic E-state index is 11.8. The molecule has 108 valence electrons. The van der Waals surface area contributed by atoms with Crippen LogP contribution in [0, 0.1) is 10.1 Å². The molecule has 0 aliphatic carbocycles. The third kappa shape index (κ3) is 3.92. The first-order valence-electron chi connectivity index (χ1n) is 5.68. The first-order chi connectivity index (χ1) is 9.36. The van der Waals surface area contributed by atoms with Gasteiger partial charge in [-0.05, 0) is 19.9 Å². The maximum absolute atomic E-state index is 11.8. The Labute approximate surface area is 119 Å². The summed E-state index contributed by atoms with van der Waals surface area (Å²) in [5.74, 6) is -1.64. The molecule has 0 saturated carbocycles. The van der Waals surface area contributed by atoms with E-state index in [9.17, 15) is 19.7 Å². The van der Waals surface area contributed by atoms with E-state index in [1.807, 2.05) is 0 Å². The second-order valence-corrected chi connectivity index (χ2v) is 4.13. The molecule has 1 atom stereocenters. The minimum atomic E-state index is -1.13. The van der Waals surface area contributed by atoms with Crippen molar-refractivity contribution in [1.29, 1.82) is 0 Å². The van der Waals surface area contributed by atoms with Crippen molar-refractivity contribution in [2.24, 2.45) is 0 Å². The van der Waals surface area contributed by atoms with Crippen LogP contribution in [0.25, 0.3) is 0 Å². The summed E-state index contributed by atoms with van der Waals surface area (Å²) in [6.45, 7) is 3.10. The van der Waals surface area contributed by atoms with Crippen LogP contribution in [0.15, 0.2) is 18.2 Å². The minimum Gasteiger partial charge on any atom is -0.463 e. The number of nitro benzene ring substituents is 1. The number of benzene rings is 1. The number of carbonyl (C=O) groups is 2. The molecule has 0 aliphatic heterocycles. The Morgan fingerprint density at radius 2 is 2.10 bits per heavy atom. The van der Waals surface area contributed by atoms with Crippen LogP contribution in [0.1, 0.15) is 24.2 Å². The Balaban J connectivity index is 2.89. The molecule has 1 rings (SSSR count). The number of rotatable bonds is 5. The molecule has 0 fully saturated rings. The van der Waals surface area contributed by atoms with E-state index in [2.05, 4.69) is 4.74 Å². The summed E-state index contributed by atoms with van der Waals surface area (Å²) in [4.78, 5) is 33.1. The smallest absolute Gasteiger partial charge is 0.347 e. The van der Waals surface area contributed by atoms with Crippen LogP contribution in [-0.4, -0.2) is 29.6 Å². The average molecular weight is 302 g/mol. The lowest BCUT2D eigenvalue weighted by Gasteiger charge is -2.12. The normalized spacial score (nSPS) is 11.6. The zero-order valence-corrected chi connectivity index (χ0v) is 11.5. The summed E-state index contributed by atoms with van der Waals surface area (Å²) in [6.07, 6.45) is -1.13. The van der Waals surface area contributed by atoms with Gasteiger partial charge in [-0.1, -0.05) is 11.6 Å². The fourth-order valence-corrected chi connectivity index (χ4v) is 1.51. The van der Waals surface area contributed by atoms with Gasteiger partial charge in [-0.2, -0.15) is 0 Å². The molecule has 0 aromatic heterocycles. The van der Waals surface area contributed by atoms with Crippen LogP contribution in [0.5, 0.6) is 0 Å². The third-order valence-corrected chi connectivity index (χ3v) is 2.61. The lowest BCUT2D eigenvalue weighted by Crippen LogP contribution is -2.26. The molecule has 0 bridgehead atoms. The quantitative estimate of drug-likeness (QED) is 0.470. The number of ether oxygens (including phenoxy) is 2. The van der Waals surface area contributed by atoms with Crippen LogP contribution in [0.2, 0.25) is 5.02 Å². The van der Waals surface area contributed by atoms with Crippen molar-refractivity contribution in [2.75, 3.05) is 6.61 Å². The molecule has 20 heavy (non-hydrogen) atoms. The van der Waals surface area contributed by atoms with Gasteiger partial charge in [0.1, 0.15) is 0 Å². The van der Waals surface area contributed by atoms with Gasteiger partial charge < -0.3 is 9.47 Å². The molecule has 7 nitrogen and oxygen atoms in total. The fourth-order valence-electron chi connectivity index (χ4n) is 1.32. The van der Waals surface area contributed by atoms with E-state index in [1.54, 1.807) is 6.92 Å². The van der Waals surface area contributed by atoms with E-state index in [0.29, 0.717) is 0 Å². The Hall–Kier alpha value is -2.15. The monoisotopic (exact) mass is 301 g/mol. The van der Waals surface area contributed by atoms with Gasteiger partial charge in [0.2, 0.25) is 0 Å². The van der Waals surface area contributed by atoms with E-state index in [0.717, 1.165) is 12.1 Å². The molecule has 0 spiro atoms. The molecule has 1 unspecified atom stereocenters. The molecule has 0 saturated heterocycles. The summed E-state index contributed by atoms with van der Waals surface area (Å²) in [7, 11) is 0. The highest BCUT2D eigenvalue weighted by Gasteiger charge is 2.23. The topological polar surface area (TPSA) is 95.7 Å². The minimum absolute atomic E-state index is 0.00309. The average Bonchev–Trinajstić information content (AvgIpc) is 2.38. The van der Waals surface area contributed by atoms with Crippen LogP contribution in [-0.2, 0) is 14.3 Å². The van der Waals surface area contributed by atoms with Gasteiger partial charge in [0.05, 0.1) is 22.1 Å². The van der Waals surface area contributed by atoms with Gasteiger partial charge in [0.15, 0.2) is 6.10 Å². The van der Waals surface area contributed by atoms with Crippen LogP contribution < -0.4 is 0 Å². The second-order valence-electron chi connectivity index (χ2n) is 3.72. The standard InChI is InChI=1S/C12H12ClNO6/c1-3-19-11(15)7(2)20-12(16)9-6-8(14(17)18)4-5-10(9)13/h4-7H,3H2,1-2H3. The molecule has 0 N–H and O–H groups in total. The van der Waals surface area contributed by atoms with Crippen LogP contribution in [0.3, 0.4) is 0 Å². The van der Waals surface area contributed by atoms with Crippen molar-refractivity contribution in [3.05, 3.63) is 38.9 Å². The summed E-state index contributed by atoms with van der Waals surface area (Å²) in [6, 6.07) is 3.36. The lowest BCUT2D eigenvalue weighted by molar-refractivity contribution is -0.384. The first-order valence-corrected chi connectivity index (χ1v) is 6.06. The molecule has 1 aromatic carbocycles. The Bertz CT molecular complexity index is 545. The highest BCUT2D eigenvalue weighted by molar-refractivity contribution is 6.33. The van der Waals surface area contributed by atoms with Crippen molar-refractivity contribution >= 4 is 29.2 Å². The number of non-ortho nitro benzene ring substituents is 1. The summed E-state index contributed by atoms with van der Waals surface area (Å²) >= 11 is 5.78. The van der Waals surface area contributed by atoms with Gasteiger partial charge in [-0.3, -0.25) is 10.1 Å². The predicted octanol–water partition coefficient (Wildman–Crippen LogP) is 2.36. The Morgan fingerprint density at radius 3 is 2.65 bits per heavy atom. The number of carbonyl (C=O) groups excluding carboxylic acids is 2. The van der Waals surface area contributed by atoms with Gasteiger partial charge in [0.25, 0.3) is 5.69 Å². The molecule has 1 aromatic rings. The molecular formula is C12H12ClNO6. The predicted molar refractivity (Wildman–Crippen MR) is 69.6 cm³/mol. The number of esters is 2. The van der Waals surface area contributed by atoms with Crippen LogP contribution >= 0.6 is 11.6 Å². The second kappa shape index (κ2) is 6.85. The summed E-state index contributed by atoms with van der Waals surface area (Å²) < 4.78 is 9.52. The highest BCUT2D eigenvalue weighted by atomic mass is 35.5. The van der Waals surface area contributed by atoms with E-state index in [1.165, 1.54) is 13.0 Å². The first kappa shape index (κ1) is 15.9. The molecule has 0 aliphatic rings. The van der Waals surface area contributed by atoms with Crippen molar-refractivity contribution in [3.63, 3.8) is 0 Å². The Morgan fingerprint density at radius 1 is 1.45 bits per heavy atom. The molecular weight excluding hydrogens is 290 g/mol. The van der Waals surface area contributed by atoms with Gasteiger partial charge in [0, 0.05) is 12.1 Å². The summed E-state index contributed by atoms with van der Waals surface area (Å²) in [5, 5.41) is 10.6. The maximum Gasteiger partial charge on any atom is 0.347 e. The van der Waals surface area contributed by atoms with E-state index in [4.69, 9.17) is 16.3 Å². The molecule has 0 heterocycles. The SMILES string of the molecule is CCOC(=O)C(C)OC(=O)c1cc([N+](=O)[O-])ccc1Cl. The van der Waals surface area contributed by atoms with Crippen molar-refractivity contribution in [3.8, 4) is 0 Å². The largest absolute Gasteiger partial charge is 0.463 e. The van der Waals surface area contributed by atoms with E-state index >= 15 is 0 Å². The lowest BCUT2D eigenvalue weighted by atomic mass is 10.2. The summed E-state index contributed by atoms with van der Waals surface area (Å²) in [5.41, 5.74) is -0.484. The third-order valence-electron chi connectivity index (χ3n) is 2.28. The van der Waals surface area contributed by atoms with Crippen LogP contribution in [0.4, 0.5) is 5.69 Å². The number of hydrogen-bond donors (Lipinski definition) is 0. The number of nitro groups is 1. The van der Waals surface area contributed by atoms with Gasteiger partial charge in [-0.25, -0.2) is 9.59 Å². The Kier molecular flexibility index (Phi) is 5.45. The van der Waals surface area contributed by atoms with Crippen molar-refractivity contribution in [1.82, 2.24) is 0 Å².